The molecule has 156 valence electrons. The summed E-state index contributed by atoms with van der Waals surface area (Å²) in [6.45, 7) is 11.3. The molecule has 8 heteroatoms. The molecule has 1 unspecified atom stereocenters. The number of pyridine rings is 1. The van der Waals surface area contributed by atoms with Gasteiger partial charge in [0.05, 0.1) is 24.8 Å². The number of methoxy groups -OCH3 is 2. The second-order valence-corrected chi connectivity index (χ2v) is 6.67. The van der Waals surface area contributed by atoms with Crippen molar-refractivity contribution in [3.05, 3.63) is 23.9 Å². The SMILES string of the molecule is CC.COC(=O)C1CN(C=O)CCN1c1ccc(C#N)cn1.COC(C)(C)C. The van der Waals surface area contributed by atoms with E-state index in [1.807, 2.05) is 40.7 Å². The van der Waals surface area contributed by atoms with Gasteiger partial charge in [-0.25, -0.2) is 9.78 Å². The van der Waals surface area contributed by atoms with Crippen molar-refractivity contribution >= 4 is 18.2 Å². The first-order valence-corrected chi connectivity index (χ1v) is 9.20. The van der Waals surface area contributed by atoms with Gasteiger partial charge in [0, 0.05) is 26.4 Å². The lowest BCUT2D eigenvalue weighted by Gasteiger charge is -2.38. The Morgan fingerprint density at radius 3 is 2.29 bits per heavy atom. The highest BCUT2D eigenvalue weighted by molar-refractivity contribution is 5.80. The summed E-state index contributed by atoms with van der Waals surface area (Å²) in [5.74, 6) is 0.174. The molecular weight excluding hydrogens is 360 g/mol. The lowest BCUT2D eigenvalue weighted by molar-refractivity contribution is -0.143. The lowest BCUT2D eigenvalue weighted by Crippen LogP contribution is -2.56. The van der Waals surface area contributed by atoms with Crippen molar-refractivity contribution in [2.75, 3.05) is 38.8 Å². The highest BCUT2D eigenvalue weighted by atomic mass is 16.5. The summed E-state index contributed by atoms with van der Waals surface area (Å²) in [5, 5.41) is 8.76. The summed E-state index contributed by atoms with van der Waals surface area (Å²) in [6.07, 6.45) is 2.18. The Bertz CT molecular complexity index is 635. The molecule has 1 atom stereocenters. The van der Waals surface area contributed by atoms with Crippen LogP contribution in [0.5, 0.6) is 0 Å². The third-order valence-electron chi connectivity index (χ3n) is 3.82. The maximum atomic E-state index is 11.8. The van der Waals surface area contributed by atoms with E-state index in [9.17, 15) is 9.59 Å². The highest BCUT2D eigenvalue weighted by Crippen LogP contribution is 2.19. The van der Waals surface area contributed by atoms with E-state index in [-0.39, 0.29) is 12.1 Å². The quantitative estimate of drug-likeness (QED) is 0.575. The van der Waals surface area contributed by atoms with Crippen LogP contribution in [0.2, 0.25) is 0 Å². The number of carbonyl (C=O) groups is 2. The molecule has 8 nitrogen and oxygen atoms in total. The number of aromatic nitrogens is 1. The lowest BCUT2D eigenvalue weighted by atomic mass is 10.1. The zero-order valence-electron chi connectivity index (χ0n) is 17.9. The molecule has 0 aliphatic carbocycles. The average molecular weight is 393 g/mol. The smallest absolute Gasteiger partial charge is 0.330 e. The second-order valence-electron chi connectivity index (χ2n) is 6.67. The van der Waals surface area contributed by atoms with Crippen LogP contribution in [0.3, 0.4) is 0 Å². The maximum absolute atomic E-state index is 11.8. The summed E-state index contributed by atoms with van der Waals surface area (Å²) in [6, 6.07) is 4.73. The van der Waals surface area contributed by atoms with Gasteiger partial charge in [-0.3, -0.25) is 4.79 Å². The predicted octanol–water partition coefficient (Wildman–Crippen LogP) is 2.23. The first-order chi connectivity index (χ1) is 13.3. The minimum absolute atomic E-state index is 0.0417. The van der Waals surface area contributed by atoms with E-state index in [0.29, 0.717) is 24.5 Å². The molecule has 1 aliphatic rings. The van der Waals surface area contributed by atoms with Gasteiger partial charge < -0.3 is 19.3 Å². The number of rotatable bonds is 3. The van der Waals surface area contributed by atoms with Crippen LogP contribution in [0.25, 0.3) is 0 Å². The molecule has 0 saturated carbocycles. The Morgan fingerprint density at radius 2 is 1.89 bits per heavy atom. The van der Waals surface area contributed by atoms with Gasteiger partial charge in [0.1, 0.15) is 17.9 Å². The first-order valence-electron chi connectivity index (χ1n) is 9.20. The highest BCUT2D eigenvalue weighted by Gasteiger charge is 2.33. The summed E-state index contributed by atoms with van der Waals surface area (Å²) < 4.78 is 9.71. The van der Waals surface area contributed by atoms with Crippen LogP contribution >= 0.6 is 0 Å². The number of ether oxygens (including phenoxy) is 2. The van der Waals surface area contributed by atoms with Gasteiger partial charge in [-0.1, -0.05) is 13.8 Å². The molecule has 0 spiro atoms. The van der Waals surface area contributed by atoms with Gasteiger partial charge in [-0.15, -0.1) is 0 Å². The number of nitrogens with zero attached hydrogens (tertiary/aromatic N) is 4. The van der Waals surface area contributed by atoms with Crippen molar-refractivity contribution in [2.45, 2.75) is 46.3 Å². The summed E-state index contributed by atoms with van der Waals surface area (Å²) in [4.78, 5) is 30.2. The Labute approximate surface area is 168 Å². The normalized spacial score (nSPS) is 15.9. The van der Waals surface area contributed by atoms with Crippen LogP contribution < -0.4 is 4.90 Å². The minimum atomic E-state index is -0.584. The van der Waals surface area contributed by atoms with Crippen molar-refractivity contribution in [1.82, 2.24) is 9.88 Å². The third kappa shape index (κ3) is 8.35. The maximum Gasteiger partial charge on any atom is 0.330 e. The van der Waals surface area contributed by atoms with Gasteiger partial charge in [0.15, 0.2) is 0 Å². The van der Waals surface area contributed by atoms with Gasteiger partial charge in [0.2, 0.25) is 6.41 Å². The number of carbonyl (C=O) groups excluding carboxylic acids is 2. The number of hydrogen-bond acceptors (Lipinski definition) is 7. The molecule has 2 rings (SSSR count). The fraction of sp³-hybridized carbons (Fsp3) is 0.600. The predicted molar refractivity (Wildman–Crippen MR) is 108 cm³/mol. The largest absolute Gasteiger partial charge is 0.467 e. The Balaban J connectivity index is 0.000000780. The van der Waals surface area contributed by atoms with Crippen LogP contribution in [0.4, 0.5) is 5.82 Å². The van der Waals surface area contributed by atoms with Gasteiger partial charge in [-0.05, 0) is 32.9 Å². The minimum Gasteiger partial charge on any atom is -0.467 e. The summed E-state index contributed by atoms with van der Waals surface area (Å²) >= 11 is 0. The second kappa shape index (κ2) is 12.7. The van der Waals surface area contributed by atoms with E-state index in [0.717, 1.165) is 6.41 Å². The molecule has 1 fully saturated rings. The first kappa shape index (κ1) is 25.3. The molecule has 0 bridgehead atoms. The molecule has 0 N–H and O–H groups in total. The van der Waals surface area contributed by atoms with E-state index in [1.54, 1.807) is 24.1 Å². The van der Waals surface area contributed by atoms with E-state index in [4.69, 9.17) is 14.7 Å². The number of amides is 1. The molecule has 0 aromatic carbocycles. The molecular formula is C20H32N4O4. The van der Waals surface area contributed by atoms with Crippen molar-refractivity contribution in [3.63, 3.8) is 0 Å². The molecule has 2 heterocycles. The Hall–Kier alpha value is -2.66. The van der Waals surface area contributed by atoms with Gasteiger partial charge in [-0.2, -0.15) is 5.26 Å². The summed E-state index contributed by atoms with van der Waals surface area (Å²) in [7, 11) is 3.02. The third-order valence-corrected chi connectivity index (χ3v) is 3.82. The fourth-order valence-corrected chi connectivity index (χ4v) is 2.13. The molecule has 1 aromatic rings. The number of nitriles is 1. The van der Waals surface area contributed by atoms with E-state index >= 15 is 0 Å². The summed E-state index contributed by atoms with van der Waals surface area (Å²) in [5.41, 5.74) is 0.495. The van der Waals surface area contributed by atoms with Gasteiger partial charge in [0.25, 0.3) is 0 Å². The number of esters is 1. The van der Waals surface area contributed by atoms with E-state index < -0.39 is 12.0 Å². The van der Waals surface area contributed by atoms with Crippen LogP contribution in [0.15, 0.2) is 18.3 Å². The molecule has 1 amide bonds. The van der Waals surface area contributed by atoms with Gasteiger partial charge >= 0.3 is 5.97 Å². The zero-order valence-corrected chi connectivity index (χ0v) is 17.9. The Morgan fingerprint density at radius 1 is 1.29 bits per heavy atom. The monoisotopic (exact) mass is 392 g/mol. The topological polar surface area (TPSA) is 95.8 Å². The molecule has 1 aliphatic heterocycles. The fourth-order valence-electron chi connectivity index (χ4n) is 2.13. The van der Waals surface area contributed by atoms with Crippen molar-refractivity contribution in [3.8, 4) is 6.07 Å². The zero-order chi connectivity index (χ0) is 21.7. The van der Waals surface area contributed by atoms with Crippen LogP contribution in [0, 0.1) is 11.3 Å². The van der Waals surface area contributed by atoms with Crippen LogP contribution in [0.1, 0.15) is 40.2 Å². The Kier molecular flexibility index (Phi) is 11.5. The standard InChI is InChI=1S/C13H14N4O3.C5H12O.C2H6/c1-20-13(19)11-8-16(9-18)4-5-17(11)12-3-2-10(6-14)7-15-12;1-5(2,3)6-4;1-2/h2-3,7,9,11H,4-5,8H2,1H3;1-4H3;1-2H3. The molecule has 1 aromatic heterocycles. The van der Waals surface area contributed by atoms with Crippen LogP contribution in [-0.4, -0.2) is 67.8 Å². The number of piperazine rings is 1. The van der Waals surface area contributed by atoms with Crippen molar-refractivity contribution in [2.24, 2.45) is 0 Å². The van der Waals surface area contributed by atoms with Crippen molar-refractivity contribution in [1.29, 1.82) is 5.26 Å². The number of hydrogen-bond donors (Lipinski definition) is 0. The van der Waals surface area contributed by atoms with Crippen LogP contribution in [-0.2, 0) is 19.1 Å². The van der Waals surface area contributed by atoms with E-state index in [1.165, 1.54) is 18.2 Å². The van der Waals surface area contributed by atoms with Crippen molar-refractivity contribution < 1.29 is 19.1 Å². The molecule has 1 saturated heterocycles. The molecule has 0 radical (unpaired) electrons. The van der Waals surface area contributed by atoms with E-state index in [2.05, 4.69) is 4.98 Å². The molecule has 28 heavy (non-hydrogen) atoms. The average Bonchev–Trinajstić information content (AvgIpc) is 2.74. The number of anilines is 1.